The number of amides is 1. The number of benzene rings is 1. The third kappa shape index (κ3) is 2.68. The van der Waals surface area contributed by atoms with Gasteiger partial charge in [-0.2, -0.15) is 0 Å². The third-order valence-electron chi connectivity index (χ3n) is 2.49. The van der Waals surface area contributed by atoms with E-state index in [-0.39, 0.29) is 11.5 Å². The Balaban J connectivity index is 2.23. The highest BCUT2D eigenvalue weighted by Gasteiger charge is 2.07. The molecule has 94 valence electrons. The quantitative estimate of drug-likeness (QED) is 0.864. The minimum absolute atomic E-state index is 0.0982. The molecular formula is C13H15N3O2. The molecular weight excluding hydrogens is 230 g/mol. The molecule has 0 bridgehead atoms. The van der Waals surface area contributed by atoms with Crippen LogP contribution < -0.4 is 10.9 Å². The van der Waals surface area contributed by atoms with E-state index in [2.05, 4.69) is 10.4 Å². The van der Waals surface area contributed by atoms with Crippen molar-refractivity contribution < 1.29 is 4.79 Å². The summed E-state index contributed by atoms with van der Waals surface area (Å²) in [5.74, 6) is 0.321. The van der Waals surface area contributed by atoms with Crippen LogP contribution in [0.3, 0.4) is 0 Å². The van der Waals surface area contributed by atoms with Crippen molar-refractivity contribution >= 4 is 11.7 Å². The minimum Gasteiger partial charge on any atom is -0.311 e. The van der Waals surface area contributed by atoms with Crippen LogP contribution in [0.1, 0.15) is 19.8 Å². The summed E-state index contributed by atoms with van der Waals surface area (Å²) in [6.07, 6.45) is 1.22. The van der Waals surface area contributed by atoms with Gasteiger partial charge in [0.05, 0.1) is 5.69 Å². The number of hydrogen-bond donors (Lipinski definition) is 2. The van der Waals surface area contributed by atoms with Crippen LogP contribution in [0.2, 0.25) is 0 Å². The molecule has 0 aliphatic rings. The topological polar surface area (TPSA) is 66.9 Å². The van der Waals surface area contributed by atoms with E-state index in [4.69, 9.17) is 0 Å². The molecule has 0 spiro atoms. The van der Waals surface area contributed by atoms with Crippen LogP contribution in [0, 0.1) is 0 Å². The molecule has 0 radical (unpaired) electrons. The van der Waals surface area contributed by atoms with Crippen LogP contribution in [0.5, 0.6) is 0 Å². The molecule has 0 unspecified atom stereocenters. The lowest BCUT2D eigenvalue weighted by molar-refractivity contribution is -0.116. The Morgan fingerprint density at radius 2 is 2.06 bits per heavy atom. The molecule has 1 amide bonds. The molecule has 2 rings (SSSR count). The Labute approximate surface area is 104 Å². The van der Waals surface area contributed by atoms with E-state index in [1.165, 1.54) is 10.7 Å². The van der Waals surface area contributed by atoms with Crippen molar-refractivity contribution in [3.63, 3.8) is 0 Å². The van der Waals surface area contributed by atoms with Gasteiger partial charge in [0.25, 0.3) is 5.56 Å². The summed E-state index contributed by atoms with van der Waals surface area (Å²) in [6.45, 7) is 1.93. The Kier molecular flexibility index (Phi) is 3.62. The number of aromatic nitrogens is 2. The molecule has 0 aliphatic carbocycles. The lowest BCUT2D eigenvalue weighted by atomic mass is 10.3. The van der Waals surface area contributed by atoms with Gasteiger partial charge < -0.3 is 5.32 Å². The molecule has 0 atom stereocenters. The fourth-order valence-electron chi connectivity index (χ4n) is 1.67. The molecule has 5 nitrogen and oxygen atoms in total. The first-order chi connectivity index (χ1) is 8.70. The van der Waals surface area contributed by atoms with E-state index in [0.717, 1.165) is 12.1 Å². The molecule has 0 saturated carbocycles. The lowest BCUT2D eigenvalue weighted by Gasteiger charge is -2.02. The molecule has 0 saturated heterocycles. The average molecular weight is 245 g/mol. The van der Waals surface area contributed by atoms with E-state index in [9.17, 15) is 9.59 Å². The van der Waals surface area contributed by atoms with E-state index < -0.39 is 0 Å². The second-order valence-corrected chi connectivity index (χ2v) is 3.98. The van der Waals surface area contributed by atoms with Crippen molar-refractivity contribution in [3.05, 3.63) is 46.8 Å². The summed E-state index contributed by atoms with van der Waals surface area (Å²) in [6, 6.07) is 10.6. The number of rotatable bonds is 4. The number of aromatic amines is 1. The Morgan fingerprint density at radius 3 is 2.72 bits per heavy atom. The van der Waals surface area contributed by atoms with Crippen LogP contribution in [-0.4, -0.2) is 15.7 Å². The molecule has 1 heterocycles. The summed E-state index contributed by atoms with van der Waals surface area (Å²) >= 11 is 0. The number of anilines is 1. The molecule has 2 aromatic rings. The fourth-order valence-corrected chi connectivity index (χ4v) is 1.67. The first kappa shape index (κ1) is 12.2. The van der Waals surface area contributed by atoms with Gasteiger partial charge in [-0.05, 0) is 18.6 Å². The predicted molar refractivity (Wildman–Crippen MR) is 69.9 cm³/mol. The largest absolute Gasteiger partial charge is 0.311 e. The van der Waals surface area contributed by atoms with Crippen LogP contribution in [0.25, 0.3) is 5.69 Å². The normalized spacial score (nSPS) is 10.3. The smallest absolute Gasteiger partial charge is 0.273 e. The first-order valence-electron chi connectivity index (χ1n) is 5.88. The van der Waals surface area contributed by atoms with E-state index in [0.29, 0.717) is 12.2 Å². The lowest BCUT2D eigenvalue weighted by Crippen LogP contribution is -2.13. The maximum Gasteiger partial charge on any atom is 0.273 e. The monoisotopic (exact) mass is 245 g/mol. The van der Waals surface area contributed by atoms with Gasteiger partial charge in [0.15, 0.2) is 0 Å². The van der Waals surface area contributed by atoms with E-state index in [1.54, 1.807) is 0 Å². The second kappa shape index (κ2) is 5.35. The van der Waals surface area contributed by atoms with Crippen molar-refractivity contribution in [1.82, 2.24) is 9.78 Å². The second-order valence-electron chi connectivity index (χ2n) is 3.98. The number of hydrogen-bond acceptors (Lipinski definition) is 2. The van der Waals surface area contributed by atoms with Gasteiger partial charge in [-0.25, -0.2) is 4.68 Å². The van der Waals surface area contributed by atoms with Crippen LogP contribution >= 0.6 is 0 Å². The Morgan fingerprint density at radius 1 is 1.33 bits per heavy atom. The minimum atomic E-state index is -0.201. The summed E-state index contributed by atoms with van der Waals surface area (Å²) in [7, 11) is 0. The van der Waals surface area contributed by atoms with Gasteiger partial charge in [0, 0.05) is 12.5 Å². The summed E-state index contributed by atoms with van der Waals surface area (Å²) in [5, 5.41) is 5.52. The zero-order valence-electron chi connectivity index (χ0n) is 10.1. The fraction of sp³-hybridized carbons (Fsp3) is 0.231. The van der Waals surface area contributed by atoms with Gasteiger partial charge in [-0.15, -0.1) is 0 Å². The predicted octanol–water partition coefficient (Wildman–Crippen LogP) is 1.90. The van der Waals surface area contributed by atoms with Crippen molar-refractivity contribution in [2.24, 2.45) is 0 Å². The van der Waals surface area contributed by atoms with Crippen LogP contribution in [-0.2, 0) is 4.79 Å². The van der Waals surface area contributed by atoms with E-state index in [1.807, 2.05) is 37.3 Å². The van der Waals surface area contributed by atoms with Crippen molar-refractivity contribution in [3.8, 4) is 5.69 Å². The molecule has 1 aromatic carbocycles. The van der Waals surface area contributed by atoms with Gasteiger partial charge in [0.1, 0.15) is 5.82 Å². The summed E-state index contributed by atoms with van der Waals surface area (Å²) < 4.78 is 1.39. The number of carbonyl (C=O) groups is 1. The van der Waals surface area contributed by atoms with E-state index >= 15 is 0 Å². The summed E-state index contributed by atoms with van der Waals surface area (Å²) in [5.41, 5.74) is 0.534. The standard InChI is InChI=1S/C13H15N3O2/c1-2-6-12(17)14-11-9-13(18)16(15-11)10-7-4-3-5-8-10/h3-5,7-9,15H,2,6H2,1H3,(H,14,17). The molecule has 0 aliphatic heterocycles. The number of carbonyl (C=O) groups excluding carboxylic acids is 1. The first-order valence-corrected chi connectivity index (χ1v) is 5.88. The van der Waals surface area contributed by atoms with Crippen LogP contribution in [0.4, 0.5) is 5.82 Å². The molecule has 0 fully saturated rings. The zero-order valence-corrected chi connectivity index (χ0v) is 10.1. The molecule has 2 N–H and O–H groups in total. The third-order valence-corrected chi connectivity index (χ3v) is 2.49. The van der Waals surface area contributed by atoms with Crippen molar-refractivity contribution in [2.75, 3.05) is 5.32 Å². The highest BCUT2D eigenvalue weighted by molar-refractivity contribution is 5.89. The van der Waals surface area contributed by atoms with Crippen LogP contribution in [0.15, 0.2) is 41.2 Å². The maximum atomic E-state index is 11.8. The highest BCUT2D eigenvalue weighted by Crippen LogP contribution is 2.06. The van der Waals surface area contributed by atoms with Gasteiger partial charge >= 0.3 is 0 Å². The number of para-hydroxylation sites is 1. The molecule has 18 heavy (non-hydrogen) atoms. The van der Waals surface area contributed by atoms with Crippen molar-refractivity contribution in [2.45, 2.75) is 19.8 Å². The number of nitrogens with zero attached hydrogens (tertiary/aromatic N) is 1. The number of H-pyrrole nitrogens is 1. The molecule has 1 aromatic heterocycles. The SMILES string of the molecule is CCCC(=O)Nc1cc(=O)n(-c2ccccc2)[nH]1. The van der Waals surface area contributed by atoms with Gasteiger partial charge in [-0.1, -0.05) is 25.1 Å². The summed E-state index contributed by atoms with van der Waals surface area (Å²) in [4.78, 5) is 23.2. The molecule has 5 heteroatoms. The Hall–Kier alpha value is -2.30. The average Bonchev–Trinajstić information content (AvgIpc) is 2.71. The van der Waals surface area contributed by atoms with Crippen molar-refractivity contribution in [1.29, 1.82) is 0 Å². The number of nitrogens with one attached hydrogen (secondary N) is 2. The van der Waals surface area contributed by atoms with Gasteiger partial charge in [-0.3, -0.25) is 14.7 Å². The highest BCUT2D eigenvalue weighted by atomic mass is 16.2. The zero-order chi connectivity index (χ0) is 13.0. The maximum absolute atomic E-state index is 11.8. The Bertz CT molecular complexity index is 584. The van der Waals surface area contributed by atoms with Gasteiger partial charge in [0.2, 0.25) is 5.91 Å².